The van der Waals surface area contributed by atoms with Crippen LogP contribution in [0.25, 0.3) is 11.3 Å². The van der Waals surface area contributed by atoms with Crippen molar-refractivity contribution in [3.8, 4) is 17.0 Å². The van der Waals surface area contributed by atoms with Crippen molar-refractivity contribution in [1.29, 1.82) is 0 Å². The molecule has 1 aliphatic rings. The summed E-state index contributed by atoms with van der Waals surface area (Å²) < 4.78 is 12.3. The van der Waals surface area contributed by atoms with E-state index >= 15 is 0 Å². The van der Waals surface area contributed by atoms with Gasteiger partial charge in [0.05, 0.1) is 12.8 Å². The lowest BCUT2D eigenvalue weighted by Crippen LogP contribution is -2.59. The van der Waals surface area contributed by atoms with Crippen LogP contribution in [-0.2, 0) is 16.6 Å². The summed E-state index contributed by atoms with van der Waals surface area (Å²) in [4.78, 5) is 12.5. The summed E-state index contributed by atoms with van der Waals surface area (Å²) in [6.07, 6.45) is 1.05. The van der Waals surface area contributed by atoms with E-state index in [1.807, 2.05) is 30.3 Å². The minimum absolute atomic E-state index is 0.00887. The Kier molecular flexibility index (Phi) is 4.29. The Morgan fingerprint density at radius 1 is 1.38 bits per heavy atom. The molecule has 0 atom stereocenters. The zero-order chi connectivity index (χ0) is 17.3. The maximum Gasteiger partial charge on any atom is 0.257 e. The highest BCUT2D eigenvalue weighted by atomic mass is 16.5. The van der Waals surface area contributed by atoms with E-state index < -0.39 is 5.60 Å². The number of aryl methyl sites for hydroxylation is 1. The molecule has 1 aromatic heterocycles. The summed E-state index contributed by atoms with van der Waals surface area (Å²) in [6, 6.07) is 9.45. The monoisotopic (exact) mass is 330 g/mol. The lowest BCUT2D eigenvalue weighted by molar-refractivity contribution is -0.150. The second-order valence-electron chi connectivity index (χ2n) is 6.09. The van der Waals surface area contributed by atoms with Gasteiger partial charge in [0, 0.05) is 44.7 Å². The van der Waals surface area contributed by atoms with Crippen molar-refractivity contribution in [3.63, 3.8) is 0 Å². The summed E-state index contributed by atoms with van der Waals surface area (Å²) in [6.45, 7) is 0. The van der Waals surface area contributed by atoms with Gasteiger partial charge in [-0.2, -0.15) is 5.10 Å². The standard InChI is InChI=1S/C17H22N4O3/c1-21-15(19-16(22)17(24-3)9-12(18)10-17)8-14(20-21)11-5-4-6-13(7-11)23-2/h4-8,12H,9-10,18H2,1-3H3,(H,19,22). The number of nitrogens with zero attached hydrogens (tertiary/aromatic N) is 2. The first kappa shape index (κ1) is 16.5. The van der Waals surface area contributed by atoms with Gasteiger partial charge in [-0.25, -0.2) is 0 Å². The molecule has 0 unspecified atom stereocenters. The Balaban J connectivity index is 1.80. The smallest absolute Gasteiger partial charge is 0.257 e. The molecule has 128 valence electrons. The van der Waals surface area contributed by atoms with Gasteiger partial charge in [0.25, 0.3) is 5.91 Å². The van der Waals surface area contributed by atoms with E-state index in [1.165, 1.54) is 7.11 Å². The number of ether oxygens (including phenoxy) is 2. The molecule has 7 nitrogen and oxygen atoms in total. The van der Waals surface area contributed by atoms with Crippen LogP contribution >= 0.6 is 0 Å². The third-order valence-corrected chi connectivity index (χ3v) is 4.48. The molecule has 0 radical (unpaired) electrons. The number of hydrogen-bond donors (Lipinski definition) is 2. The van der Waals surface area contributed by atoms with Gasteiger partial charge in [-0.1, -0.05) is 12.1 Å². The molecule has 1 saturated carbocycles. The number of hydrogen-bond acceptors (Lipinski definition) is 5. The van der Waals surface area contributed by atoms with E-state index in [2.05, 4.69) is 10.4 Å². The molecule has 3 N–H and O–H groups in total. The number of anilines is 1. The van der Waals surface area contributed by atoms with Crippen molar-refractivity contribution < 1.29 is 14.3 Å². The van der Waals surface area contributed by atoms with Gasteiger partial charge < -0.3 is 20.5 Å². The number of benzene rings is 1. The number of carbonyl (C=O) groups is 1. The van der Waals surface area contributed by atoms with Crippen LogP contribution in [0.4, 0.5) is 5.82 Å². The van der Waals surface area contributed by atoms with Crippen molar-refractivity contribution >= 4 is 11.7 Å². The van der Waals surface area contributed by atoms with E-state index in [4.69, 9.17) is 15.2 Å². The first-order valence-corrected chi connectivity index (χ1v) is 7.78. The fraction of sp³-hybridized carbons (Fsp3) is 0.412. The van der Waals surface area contributed by atoms with Gasteiger partial charge in [0.1, 0.15) is 17.2 Å². The molecule has 3 rings (SSSR count). The highest BCUT2D eigenvalue weighted by Gasteiger charge is 2.49. The third-order valence-electron chi connectivity index (χ3n) is 4.48. The lowest BCUT2D eigenvalue weighted by atomic mass is 9.75. The zero-order valence-electron chi connectivity index (χ0n) is 14.1. The molecule has 0 spiro atoms. The average molecular weight is 330 g/mol. The fourth-order valence-corrected chi connectivity index (χ4v) is 2.97. The number of aromatic nitrogens is 2. The van der Waals surface area contributed by atoms with Crippen molar-refractivity contribution in [2.75, 3.05) is 19.5 Å². The van der Waals surface area contributed by atoms with Gasteiger partial charge in [0.15, 0.2) is 0 Å². The average Bonchev–Trinajstić information content (AvgIpc) is 2.92. The SMILES string of the molecule is COc1cccc(-c2cc(NC(=O)C3(OC)CC(N)C3)n(C)n2)c1. The molecule has 0 saturated heterocycles. The van der Waals surface area contributed by atoms with Crippen LogP contribution in [0, 0.1) is 0 Å². The van der Waals surface area contributed by atoms with Crippen LogP contribution < -0.4 is 15.8 Å². The molecule has 24 heavy (non-hydrogen) atoms. The Labute approximate surface area is 140 Å². The topological polar surface area (TPSA) is 91.4 Å². The molecule has 1 heterocycles. The Hall–Kier alpha value is -2.38. The summed E-state index contributed by atoms with van der Waals surface area (Å²) >= 11 is 0. The minimum atomic E-state index is -0.834. The molecule has 1 amide bonds. The molecule has 0 aliphatic heterocycles. The summed E-state index contributed by atoms with van der Waals surface area (Å²) in [5.74, 6) is 1.17. The number of nitrogens with two attached hydrogens (primary N) is 1. The number of nitrogens with one attached hydrogen (secondary N) is 1. The third kappa shape index (κ3) is 2.88. The molecular formula is C17H22N4O3. The second-order valence-corrected chi connectivity index (χ2v) is 6.09. The second kappa shape index (κ2) is 6.26. The summed E-state index contributed by atoms with van der Waals surface area (Å²) in [5, 5.41) is 7.35. The van der Waals surface area contributed by atoms with Gasteiger partial charge in [0.2, 0.25) is 0 Å². The van der Waals surface area contributed by atoms with Crippen molar-refractivity contribution in [1.82, 2.24) is 9.78 Å². The number of carbonyl (C=O) groups excluding carboxylic acids is 1. The van der Waals surface area contributed by atoms with Crippen LogP contribution in [0.5, 0.6) is 5.75 Å². The number of amides is 1. The fourth-order valence-electron chi connectivity index (χ4n) is 2.97. The maximum atomic E-state index is 12.5. The van der Waals surface area contributed by atoms with Crippen LogP contribution in [-0.4, -0.2) is 41.6 Å². The highest BCUT2D eigenvalue weighted by Crippen LogP contribution is 2.35. The number of rotatable bonds is 5. The Morgan fingerprint density at radius 3 is 2.75 bits per heavy atom. The van der Waals surface area contributed by atoms with Crippen LogP contribution in [0.15, 0.2) is 30.3 Å². The Morgan fingerprint density at radius 2 is 2.12 bits per heavy atom. The zero-order valence-corrected chi connectivity index (χ0v) is 14.1. The molecule has 1 fully saturated rings. The van der Waals surface area contributed by atoms with Gasteiger partial charge in [-0.3, -0.25) is 9.48 Å². The van der Waals surface area contributed by atoms with Crippen LogP contribution in [0.1, 0.15) is 12.8 Å². The molecule has 7 heteroatoms. The predicted octanol–water partition coefficient (Wildman–Crippen LogP) is 1.54. The van der Waals surface area contributed by atoms with Crippen LogP contribution in [0.3, 0.4) is 0 Å². The molecule has 1 aliphatic carbocycles. The van der Waals surface area contributed by atoms with Crippen molar-refractivity contribution in [2.45, 2.75) is 24.5 Å². The summed E-state index contributed by atoms with van der Waals surface area (Å²) in [5.41, 5.74) is 6.64. The van der Waals surface area contributed by atoms with E-state index in [0.717, 1.165) is 17.0 Å². The van der Waals surface area contributed by atoms with Gasteiger partial charge >= 0.3 is 0 Å². The van der Waals surface area contributed by atoms with Gasteiger partial charge in [-0.05, 0) is 12.1 Å². The summed E-state index contributed by atoms with van der Waals surface area (Å²) in [7, 11) is 4.94. The molecule has 2 aromatic rings. The number of methoxy groups -OCH3 is 2. The van der Waals surface area contributed by atoms with E-state index in [1.54, 1.807) is 18.8 Å². The quantitative estimate of drug-likeness (QED) is 0.868. The van der Waals surface area contributed by atoms with E-state index in [-0.39, 0.29) is 11.9 Å². The molecular weight excluding hydrogens is 308 g/mol. The first-order valence-electron chi connectivity index (χ1n) is 7.78. The van der Waals surface area contributed by atoms with Crippen molar-refractivity contribution in [3.05, 3.63) is 30.3 Å². The minimum Gasteiger partial charge on any atom is -0.497 e. The largest absolute Gasteiger partial charge is 0.497 e. The normalized spacial score (nSPS) is 22.8. The first-order chi connectivity index (χ1) is 11.5. The highest BCUT2D eigenvalue weighted by molar-refractivity contribution is 5.98. The van der Waals surface area contributed by atoms with Crippen LogP contribution in [0.2, 0.25) is 0 Å². The molecule has 1 aromatic carbocycles. The van der Waals surface area contributed by atoms with Gasteiger partial charge in [-0.15, -0.1) is 0 Å². The van der Waals surface area contributed by atoms with E-state index in [0.29, 0.717) is 18.7 Å². The Bertz CT molecular complexity index is 750. The van der Waals surface area contributed by atoms with Crippen molar-refractivity contribution in [2.24, 2.45) is 12.8 Å². The van der Waals surface area contributed by atoms with E-state index in [9.17, 15) is 4.79 Å². The maximum absolute atomic E-state index is 12.5. The molecule has 0 bridgehead atoms. The predicted molar refractivity (Wildman–Crippen MR) is 90.8 cm³/mol. The lowest BCUT2D eigenvalue weighted by Gasteiger charge is -2.43.